The molecule has 1 aromatic carbocycles. The van der Waals surface area contributed by atoms with Crippen LogP contribution in [0, 0.1) is 0 Å². The van der Waals surface area contributed by atoms with Crippen LogP contribution in [0.25, 0.3) is 10.1 Å². The SMILES string of the molecule is CN1C[C@H](NC(=O)c2csc3ccccc23)C[C@H]1C(=O)O.O=CO. The van der Waals surface area contributed by atoms with Gasteiger partial charge in [-0.05, 0) is 19.5 Å². The van der Waals surface area contributed by atoms with Crippen molar-refractivity contribution in [1.29, 1.82) is 0 Å². The lowest BCUT2D eigenvalue weighted by Gasteiger charge is -2.13. The minimum Gasteiger partial charge on any atom is -0.483 e. The number of likely N-dealkylation sites (N-methyl/N-ethyl adjacent to an activating group) is 1. The Balaban J connectivity index is 0.000000647. The highest BCUT2D eigenvalue weighted by Gasteiger charge is 2.35. The summed E-state index contributed by atoms with van der Waals surface area (Å²) in [6, 6.07) is 7.14. The number of rotatable bonds is 3. The normalized spacial score (nSPS) is 20.2. The summed E-state index contributed by atoms with van der Waals surface area (Å²) in [7, 11) is 1.77. The maximum absolute atomic E-state index is 12.4. The number of carboxylic acid groups (broad SMARTS) is 2. The monoisotopic (exact) mass is 350 g/mol. The summed E-state index contributed by atoms with van der Waals surface area (Å²) in [5.41, 5.74) is 0.664. The van der Waals surface area contributed by atoms with Crippen LogP contribution in [-0.4, -0.2) is 59.1 Å². The van der Waals surface area contributed by atoms with Gasteiger partial charge in [-0.15, -0.1) is 11.3 Å². The van der Waals surface area contributed by atoms with Crippen molar-refractivity contribution < 1.29 is 24.6 Å². The highest BCUT2D eigenvalue weighted by molar-refractivity contribution is 7.17. The zero-order valence-electron chi connectivity index (χ0n) is 13.0. The molecule has 8 heteroatoms. The van der Waals surface area contributed by atoms with E-state index < -0.39 is 12.0 Å². The third-order valence-electron chi connectivity index (χ3n) is 3.89. The van der Waals surface area contributed by atoms with Gasteiger partial charge in [-0.1, -0.05) is 18.2 Å². The maximum Gasteiger partial charge on any atom is 0.320 e. The van der Waals surface area contributed by atoms with Gasteiger partial charge in [-0.3, -0.25) is 19.3 Å². The van der Waals surface area contributed by atoms with Crippen molar-refractivity contribution in [2.24, 2.45) is 0 Å². The van der Waals surface area contributed by atoms with Crippen molar-refractivity contribution in [2.75, 3.05) is 13.6 Å². The Morgan fingerprint density at radius 1 is 1.38 bits per heavy atom. The standard InChI is InChI=1S/C15H16N2O3S.CH2O2/c1-17-7-9(6-12(17)15(19)20)16-14(18)11-8-21-13-5-3-2-4-10(11)13;2-1-3/h2-5,8-9,12H,6-7H2,1H3,(H,16,18)(H,19,20);1H,(H,2,3)/t9-,12+;/m1./s1. The third kappa shape index (κ3) is 3.90. The van der Waals surface area contributed by atoms with Gasteiger partial charge in [0.15, 0.2) is 0 Å². The average molecular weight is 350 g/mol. The third-order valence-corrected chi connectivity index (χ3v) is 4.86. The molecule has 0 unspecified atom stereocenters. The molecule has 7 nitrogen and oxygen atoms in total. The molecule has 1 aliphatic rings. The van der Waals surface area contributed by atoms with Gasteiger partial charge in [-0.25, -0.2) is 0 Å². The van der Waals surface area contributed by atoms with Crippen LogP contribution >= 0.6 is 11.3 Å². The second-order valence-corrected chi connectivity index (χ2v) is 6.36. The molecule has 0 aliphatic carbocycles. The largest absolute Gasteiger partial charge is 0.483 e. The molecule has 2 atom stereocenters. The van der Waals surface area contributed by atoms with Crippen molar-refractivity contribution in [3.8, 4) is 0 Å². The van der Waals surface area contributed by atoms with Crippen molar-refractivity contribution in [1.82, 2.24) is 10.2 Å². The van der Waals surface area contributed by atoms with Gasteiger partial charge in [0.05, 0.1) is 5.56 Å². The Bertz CT molecular complexity index is 745. The van der Waals surface area contributed by atoms with E-state index in [0.717, 1.165) is 10.1 Å². The number of aliphatic carboxylic acids is 1. The number of benzene rings is 1. The van der Waals surface area contributed by atoms with Gasteiger partial charge in [0.25, 0.3) is 12.4 Å². The number of fused-ring (bicyclic) bond motifs is 1. The predicted octanol–water partition coefficient (Wildman–Crippen LogP) is 1.49. The molecule has 128 valence electrons. The van der Waals surface area contributed by atoms with E-state index in [9.17, 15) is 9.59 Å². The van der Waals surface area contributed by atoms with Crippen LogP contribution in [-0.2, 0) is 9.59 Å². The molecule has 3 N–H and O–H groups in total. The summed E-state index contributed by atoms with van der Waals surface area (Å²) in [5, 5.41) is 21.7. The molecule has 1 amide bonds. The molecule has 1 aromatic heterocycles. The number of carbonyl (C=O) groups is 3. The van der Waals surface area contributed by atoms with E-state index in [1.165, 1.54) is 0 Å². The first-order valence-electron chi connectivity index (χ1n) is 7.26. The Morgan fingerprint density at radius 2 is 2.04 bits per heavy atom. The van der Waals surface area contributed by atoms with E-state index in [1.807, 2.05) is 29.6 Å². The van der Waals surface area contributed by atoms with Crippen LogP contribution in [0.5, 0.6) is 0 Å². The number of nitrogens with one attached hydrogen (secondary N) is 1. The Kier molecular flexibility index (Phi) is 5.88. The van der Waals surface area contributed by atoms with Crippen molar-refractivity contribution >= 4 is 39.8 Å². The van der Waals surface area contributed by atoms with Crippen LogP contribution in [0.4, 0.5) is 0 Å². The van der Waals surface area contributed by atoms with E-state index in [0.29, 0.717) is 18.5 Å². The smallest absolute Gasteiger partial charge is 0.320 e. The minimum atomic E-state index is -0.838. The number of hydrogen-bond donors (Lipinski definition) is 3. The summed E-state index contributed by atoms with van der Waals surface area (Å²) in [6.07, 6.45) is 0.444. The molecule has 0 spiro atoms. The Hall–Kier alpha value is -2.45. The molecule has 0 saturated carbocycles. The number of hydrogen-bond acceptors (Lipinski definition) is 5. The Labute approximate surface area is 142 Å². The fourth-order valence-electron chi connectivity index (χ4n) is 2.81. The average Bonchev–Trinajstić information content (AvgIpc) is 3.11. The topological polar surface area (TPSA) is 107 Å². The molecule has 24 heavy (non-hydrogen) atoms. The molecule has 0 bridgehead atoms. The van der Waals surface area contributed by atoms with Crippen molar-refractivity contribution in [3.63, 3.8) is 0 Å². The number of amides is 1. The van der Waals surface area contributed by atoms with E-state index >= 15 is 0 Å². The van der Waals surface area contributed by atoms with Crippen LogP contribution in [0.3, 0.4) is 0 Å². The van der Waals surface area contributed by atoms with Gasteiger partial charge < -0.3 is 15.5 Å². The number of carboxylic acids is 1. The van der Waals surface area contributed by atoms with Crippen LogP contribution < -0.4 is 5.32 Å². The fourth-order valence-corrected chi connectivity index (χ4v) is 3.75. The molecule has 3 rings (SSSR count). The molecule has 1 saturated heterocycles. The van der Waals surface area contributed by atoms with Gasteiger partial charge in [0.2, 0.25) is 0 Å². The molecular weight excluding hydrogens is 332 g/mol. The zero-order valence-corrected chi connectivity index (χ0v) is 13.8. The maximum atomic E-state index is 12.4. The van der Waals surface area contributed by atoms with Crippen LogP contribution in [0.2, 0.25) is 0 Å². The number of carbonyl (C=O) groups excluding carboxylic acids is 1. The summed E-state index contributed by atoms with van der Waals surface area (Å²) in [4.78, 5) is 33.6. The highest BCUT2D eigenvalue weighted by Crippen LogP contribution is 2.26. The molecular formula is C16H18N2O5S. The lowest BCUT2D eigenvalue weighted by molar-refractivity contribution is -0.141. The molecule has 2 aromatic rings. The molecule has 1 aliphatic heterocycles. The fraction of sp³-hybridized carbons (Fsp3) is 0.312. The van der Waals surface area contributed by atoms with Crippen molar-refractivity contribution in [3.05, 3.63) is 35.2 Å². The predicted molar refractivity (Wildman–Crippen MR) is 90.4 cm³/mol. The van der Waals surface area contributed by atoms with Crippen LogP contribution in [0.1, 0.15) is 16.8 Å². The first kappa shape index (κ1) is 17.9. The Morgan fingerprint density at radius 3 is 2.67 bits per heavy atom. The van der Waals surface area contributed by atoms with Crippen LogP contribution in [0.15, 0.2) is 29.6 Å². The zero-order chi connectivity index (χ0) is 17.7. The number of thiophene rings is 1. The first-order chi connectivity index (χ1) is 11.5. The lowest BCUT2D eigenvalue weighted by Crippen LogP contribution is -2.36. The second-order valence-electron chi connectivity index (χ2n) is 5.45. The van der Waals surface area contributed by atoms with E-state index in [2.05, 4.69) is 5.32 Å². The highest BCUT2D eigenvalue weighted by atomic mass is 32.1. The van der Waals surface area contributed by atoms with Crippen molar-refractivity contribution in [2.45, 2.75) is 18.5 Å². The summed E-state index contributed by atoms with van der Waals surface area (Å²) < 4.78 is 1.08. The molecule has 2 heterocycles. The minimum absolute atomic E-state index is 0.123. The molecule has 1 fully saturated rings. The lowest BCUT2D eigenvalue weighted by atomic mass is 10.1. The van der Waals surface area contributed by atoms with Gasteiger partial charge in [0.1, 0.15) is 6.04 Å². The van der Waals surface area contributed by atoms with Gasteiger partial charge in [0, 0.05) is 28.1 Å². The van der Waals surface area contributed by atoms with Gasteiger partial charge in [-0.2, -0.15) is 0 Å². The quantitative estimate of drug-likeness (QED) is 0.724. The molecule has 0 radical (unpaired) electrons. The number of likely N-dealkylation sites (tertiary alicyclic amines) is 1. The first-order valence-corrected chi connectivity index (χ1v) is 8.13. The second kappa shape index (κ2) is 7.89. The summed E-state index contributed by atoms with van der Waals surface area (Å²) in [5.74, 6) is -0.966. The number of nitrogens with zero attached hydrogens (tertiary/aromatic N) is 1. The van der Waals surface area contributed by atoms with E-state index in [1.54, 1.807) is 23.3 Å². The van der Waals surface area contributed by atoms with Gasteiger partial charge >= 0.3 is 5.97 Å². The van der Waals surface area contributed by atoms with E-state index in [-0.39, 0.29) is 18.4 Å². The summed E-state index contributed by atoms with van der Waals surface area (Å²) >= 11 is 1.54. The summed E-state index contributed by atoms with van der Waals surface area (Å²) in [6.45, 7) is 0.310. The van der Waals surface area contributed by atoms with E-state index in [4.69, 9.17) is 15.0 Å².